The fourth-order valence-corrected chi connectivity index (χ4v) is 4.01. The molecule has 3 aromatic rings. The monoisotopic (exact) mass is 425 g/mol. The Morgan fingerprint density at radius 1 is 1.20 bits per heavy atom. The summed E-state index contributed by atoms with van der Waals surface area (Å²) in [6.07, 6.45) is 0.692. The lowest BCUT2D eigenvalue weighted by Gasteiger charge is -2.16. The number of nitrogens with zero attached hydrogens (tertiary/aromatic N) is 2. The number of methoxy groups -OCH3 is 1. The SMILES string of the molecule is COCCCn1c(S[C@H](C)C(=O)NCc2ccc(C)cc2)nc2ccccc2c1=O. The maximum absolute atomic E-state index is 13.0. The molecule has 6 nitrogen and oxygen atoms in total. The molecule has 1 heterocycles. The Morgan fingerprint density at radius 3 is 2.67 bits per heavy atom. The summed E-state index contributed by atoms with van der Waals surface area (Å²) in [6.45, 7) is 5.37. The highest BCUT2D eigenvalue weighted by molar-refractivity contribution is 8.00. The van der Waals surface area contributed by atoms with E-state index < -0.39 is 5.25 Å². The van der Waals surface area contributed by atoms with E-state index >= 15 is 0 Å². The average Bonchev–Trinajstić information content (AvgIpc) is 2.75. The molecule has 0 saturated carbocycles. The number of ether oxygens (including phenoxy) is 1. The number of amides is 1. The Bertz CT molecular complexity index is 1060. The Labute approximate surface area is 180 Å². The van der Waals surface area contributed by atoms with E-state index in [1.807, 2.05) is 56.3 Å². The molecule has 0 saturated heterocycles. The highest BCUT2D eigenvalue weighted by Gasteiger charge is 2.19. The zero-order valence-corrected chi connectivity index (χ0v) is 18.4. The largest absolute Gasteiger partial charge is 0.385 e. The molecule has 1 atom stereocenters. The number of carbonyl (C=O) groups excluding carboxylic acids is 1. The van der Waals surface area contributed by atoms with Gasteiger partial charge in [-0.05, 0) is 38.0 Å². The van der Waals surface area contributed by atoms with Gasteiger partial charge in [-0.1, -0.05) is 53.7 Å². The van der Waals surface area contributed by atoms with Gasteiger partial charge in [0.05, 0.1) is 16.2 Å². The van der Waals surface area contributed by atoms with E-state index in [9.17, 15) is 9.59 Å². The van der Waals surface area contributed by atoms with Gasteiger partial charge in [-0.2, -0.15) is 0 Å². The van der Waals surface area contributed by atoms with Gasteiger partial charge in [0.25, 0.3) is 5.56 Å². The van der Waals surface area contributed by atoms with Crippen molar-refractivity contribution in [3.8, 4) is 0 Å². The summed E-state index contributed by atoms with van der Waals surface area (Å²) in [5.41, 5.74) is 2.78. The van der Waals surface area contributed by atoms with E-state index in [0.717, 1.165) is 5.56 Å². The Balaban J connectivity index is 1.76. The molecule has 0 fully saturated rings. The Hall–Kier alpha value is -2.64. The number of hydrogen-bond acceptors (Lipinski definition) is 5. The number of hydrogen-bond donors (Lipinski definition) is 1. The normalized spacial score (nSPS) is 12.1. The standard InChI is InChI=1S/C23H27N3O3S/c1-16-9-11-18(12-10-16)15-24-21(27)17(2)30-23-25-20-8-5-4-7-19(20)22(28)26(23)13-6-14-29-3/h4-5,7-12,17H,6,13-15H2,1-3H3,(H,24,27)/t17-/m1/s1. The molecule has 0 aliphatic rings. The van der Waals surface area contributed by atoms with E-state index in [4.69, 9.17) is 4.74 Å². The van der Waals surface area contributed by atoms with Gasteiger partial charge in [0.2, 0.25) is 5.91 Å². The minimum Gasteiger partial charge on any atom is -0.385 e. The molecule has 1 amide bonds. The van der Waals surface area contributed by atoms with Crippen LogP contribution in [0.3, 0.4) is 0 Å². The first-order valence-corrected chi connectivity index (χ1v) is 10.9. The predicted molar refractivity (Wildman–Crippen MR) is 121 cm³/mol. The van der Waals surface area contributed by atoms with Gasteiger partial charge < -0.3 is 10.1 Å². The highest BCUT2D eigenvalue weighted by Crippen LogP contribution is 2.23. The maximum Gasteiger partial charge on any atom is 0.262 e. The molecule has 158 valence electrons. The predicted octanol–water partition coefficient (Wildman–Crippen LogP) is 3.54. The Morgan fingerprint density at radius 2 is 1.93 bits per heavy atom. The number of benzene rings is 2. The van der Waals surface area contributed by atoms with E-state index in [1.165, 1.54) is 17.3 Å². The van der Waals surface area contributed by atoms with Crippen molar-refractivity contribution >= 4 is 28.6 Å². The number of aryl methyl sites for hydroxylation is 1. The molecule has 0 radical (unpaired) electrons. The second-order valence-corrected chi connectivity index (χ2v) is 8.49. The summed E-state index contributed by atoms with van der Waals surface area (Å²) in [6, 6.07) is 15.4. The third-order valence-electron chi connectivity index (χ3n) is 4.80. The topological polar surface area (TPSA) is 73.2 Å². The van der Waals surface area contributed by atoms with Crippen LogP contribution in [0.1, 0.15) is 24.5 Å². The van der Waals surface area contributed by atoms with E-state index in [1.54, 1.807) is 17.7 Å². The number of aromatic nitrogens is 2. The molecule has 0 unspecified atom stereocenters. The summed E-state index contributed by atoms with van der Waals surface area (Å²) >= 11 is 1.30. The minimum atomic E-state index is -0.391. The molecule has 2 aromatic carbocycles. The van der Waals surface area contributed by atoms with E-state index in [2.05, 4.69) is 10.3 Å². The zero-order valence-electron chi connectivity index (χ0n) is 17.6. The lowest BCUT2D eigenvalue weighted by atomic mass is 10.1. The van der Waals surface area contributed by atoms with Crippen LogP contribution in [0.15, 0.2) is 58.5 Å². The van der Waals surface area contributed by atoms with Gasteiger partial charge in [0.15, 0.2) is 5.16 Å². The summed E-state index contributed by atoms with van der Waals surface area (Å²) in [7, 11) is 1.64. The second kappa shape index (κ2) is 10.4. The van der Waals surface area contributed by atoms with Gasteiger partial charge in [-0.15, -0.1) is 0 Å². The molecule has 0 aliphatic heterocycles. The van der Waals surface area contributed by atoms with Crippen molar-refractivity contribution in [2.75, 3.05) is 13.7 Å². The highest BCUT2D eigenvalue weighted by atomic mass is 32.2. The van der Waals surface area contributed by atoms with Crippen LogP contribution in [0.25, 0.3) is 10.9 Å². The quantitative estimate of drug-likeness (QED) is 0.323. The first-order valence-electron chi connectivity index (χ1n) is 9.98. The molecular formula is C23H27N3O3S. The number of thioether (sulfide) groups is 1. The number of para-hydroxylation sites is 1. The van der Waals surface area contributed by atoms with Crippen LogP contribution < -0.4 is 10.9 Å². The van der Waals surface area contributed by atoms with Crippen LogP contribution in [-0.4, -0.2) is 34.4 Å². The number of nitrogens with one attached hydrogen (secondary N) is 1. The van der Waals surface area contributed by atoms with Gasteiger partial charge in [-0.25, -0.2) is 4.98 Å². The van der Waals surface area contributed by atoms with Crippen LogP contribution in [0.2, 0.25) is 0 Å². The van der Waals surface area contributed by atoms with Crippen LogP contribution in [-0.2, 0) is 22.6 Å². The Kier molecular flexibility index (Phi) is 7.65. The fraction of sp³-hybridized carbons (Fsp3) is 0.348. The van der Waals surface area contributed by atoms with E-state index in [-0.39, 0.29) is 11.5 Å². The van der Waals surface area contributed by atoms with Gasteiger partial charge >= 0.3 is 0 Å². The minimum absolute atomic E-state index is 0.0912. The molecule has 3 rings (SSSR count). The maximum atomic E-state index is 13.0. The second-order valence-electron chi connectivity index (χ2n) is 7.18. The summed E-state index contributed by atoms with van der Waals surface area (Å²) in [4.78, 5) is 30.3. The number of carbonyl (C=O) groups is 1. The van der Waals surface area contributed by atoms with Crippen molar-refractivity contribution in [3.05, 3.63) is 70.0 Å². The molecule has 0 bridgehead atoms. The fourth-order valence-electron chi connectivity index (χ4n) is 3.05. The molecule has 0 aliphatic carbocycles. The van der Waals surface area contributed by atoms with Crippen molar-refractivity contribution in [1.82, 2.24) is 14.9 Å². The molecular weight excluding hydrogens is 398 g/mol. The molecule has 0 spiro atoms. The van der Waals surface area contributed by atoms with Gasteiger partial charge in [0, 0.05) is 26.8 Å². The molecule has 30 heavy (non-hydrogen) atoms. The molecule has 1 aromatic heterocycles. The van der Waals surface area contributed by atoms with Gasteiger partial charge in [0.1, 0.15) is 0 Å². The summed E-state index contributed by atoms with van der Waals surface area (Å²) < 4.78 is 6.77. The third-order valence-corrected chi connectivity index (χ3v) is 5.89. The smallest absolute Gasteiger partial charge is 0.262 e. The van der Waals surface area contributed by atoms with Crippen LogP contribution >= 0.6 is 11.8 Å². The van der Waals surface area contributed by atoms with Crippen LogP contribution in [0.4, 0.5) is 0 Å². The van der Waals surface area contributed by atoms with Crippen molar-refractivity contribution in [2.45, 2.75) is 43.8 Å². The number of rotatable bonds is 9. The molecule has 7 heteroatoms. The van der Waals surface area contributed by atoms with Crippen molar-refractivity contribution in [3.63, 3.8) is 0 Å². The zero-order chi connectivity index (χ0) is 21.5. The lowest BCUT2D eigenvalue weighted by Crippen LogP contribution is -2.31. The summed E-state index contributed by atoms with van der Waals surface area (Å²) in [5.74, 6) is -0.0913. The van der Waals surface area contributed by atoms with Crippen molar-refractivity contribution in [1.29, 1.82) is 0 Å². The number of fused-ring (bicyclic) bond motifs is 1. The van der Waals surface area contributed by atoms with E-state index in [0.29, 0.717) is 42.2 Å². The van der Waals surface area contributed by atoms with Crippen molar-refractivity contribution < 1.29 is 9.53 Å². The van der Waals surface area contributed by atoms with Gasteiger partial charge in [-0.3, -0.25) is 14.2 Å². The lowest BCUT2D eigenvalue weighted by molar-refractivity contribution is -0.120. The molecule has 1 N–H and O–H groups in total. The van der Waals surface area contributed by atoms with Crippen LogP contribution in [0, 0.1) is 6.92 Å². The first kappa shape index (κ1) is 22.1. The first-order chi connectivity index (χ1) is 14.5. The van der Waals surface area contributed by atoms with Crippen LogP contribution in [0.5, 0.6) is 0 Å². The summed E-state index contributed by atoms with van der Waals surface area (Å²) in [5, 5.41) is 3.70. The third kappa shape index (κ3) is 5.49. The average molecular weight is 426 g/mol. The van der Waals surface area contributed by atoms with Crippen molar-refractivity contribution in [2.24, 2.45) is 0 Å².